The molecule has 0 aromatic heterocycles. The summed E-state index contributed by atoms with van der Waals surface area (Å²) >= 11 is 0. The maximum atomic E-state index is 12.2. The smallest absolute Gasteiger partial charge is 0.326 e. The van der Waals surface area contributed by atoms with Gasteiger partial charge in [-0.1, -0.05) is 12.8 Å². The third-order valence-electron chi connectivity index (χ3n) is 3.74. The molecule has 1 saturated carbocycles. The van der Waals surface area contributed by atoms with E-state index in [9.17, 15) is 14.4 Å². The Morgan fingerprint density at radius 3 is 2.61 bits per heavy atom. The third kappa shape index (κ3) is 2.40. The van der Waals surface area contributed by atoms with Gasteiger partial charge in [0.25, 0.3) is 0 Å². The third-order valence-corrected chi connectivity index (χ3v) is 3.74. The summed E-state index contributed by atoms with van der Waals surface area (Å²) in [6, 6.07) is 0.211. The molecule has 1 aliphatic heterocycles. The lowest BCUT2D eigenvalue weighted by atomic mass is 9.94. The Bertz CT molecular complexity index is 360. The summed E-state index contributed by atoms with van der Waals surface area (Å²) in [7, 11) is 0. The molecule has 5 nitrogen and oxygen atoms in total. The molecule has 0 N–H and O–H groups in total. The van der Waals surface area contributed by atoms with E-state index in [1.165, 1.54) is 0 Å². The van der Waals surface area contributed by atoms with Crippen molar-refractivity contribution in [2.75, 3.05) is 13.2 Å². The minimum atomic E-state index is -1.21. The van der Waals surface area contributed by atoms with Gasteiger partial charge in [-0.25, -0.2) is 0 Å². The van der Waals surface area contributed by atoms with Crippen LogP contribution in [0.3, 0.4) is 0 Å². The number of rotatable bonds is 3. The summed E-state index contributed by atoms with van der Waals surface area (Å²) in [6.07, 6.45) is 4.47. The van der Waals surface area contributed by atoms with Gasteiger partial charge in [0.15, 0.2) is 11.7 Å². The SMILES string of the molecule is CCOC(=O)C1C(=O)CCN(C2CCCC2)C1=O. The molecule has 0 aromatic carbocycles. The molecule has 0 bridgehead atoms. The Labute approximate surface area is 106 Å². The van der Waals surface area contributed by atoms with E-state index in [-0.39, 0.29) is 30.8 Å². The maximum Gasteiger partial charge on any atom is 0.326 e. The van der Waals surface area contributed by atoms with E-state index in [4.69, 9.17) is 4.74 Å². The van der Waals surface area contributed by atoms with Gasteiger partial charge in [0, 0.05) is 19.0 Å². The number of likely N-dealkylation sites (tertiary alicyclic amines) is 1. The van der Waals surface area contributed by atoms with E-state index in [2.05, 4.69) is 0 Å². The average molecular weight is 253 g/mol. The molecule has 1 saturated heterocycles. The molecule has 100 valence electrons. The molecule has 1 amide bonds. The lowest BCUT2D eigenvalue weighted by molar-refractivity contribution is -0.162. The first-order valence-electron chi connectivity index (χ1n) is 6.65. The molecule has 0 aromatic rings. The number of carbonyl (C=O) groups excluding carboxylic acids is 3. The Morgan fingerprint density at radius 2 is 2.00 bits per heavy atom. The van der Waals surface area contributed by atoms with E-state index in [0.717, 1.165) is 25.7 Å². The highest BCUT2D eigenvalue weighted by Crippen LogP contribution is 2.28. The van der Waals surface area contributed by atoms with Crippen LogP contribution in [0.2, 0.25) is 0 Å². The molecule has 5 heteroatoms. The zero-order valence-electron chi connectivity index (χ0n) is 10.7. The molecule has 0 spiro atoms. The molecule has 2 rings (SSSR count). The quantitative estimate of drug-likeness (QED) is 0.554. The first-order chi connectivity index (χ1) is 8.65. The molecule has 2 aliphatic rings. The standard InChI is InChI=1S/C13H19NO4/c1-2-18-13(17)11-10(15)7-8-14(12(11)16)9-5-3-4-6-9/h9,11H,2-8H2,1H3. The minimum absolute atomic E-state index is 0.194. The van der Waals surface area contributed by atoms with Crippen molar-refractivity contribution < 1.29 is 19.1 Å². The maximum absolute atomic E-state index is 12.2. The fraction of sp³-hybridized carbons (Fsp3) is 0.769. The van der Waals surface area contributed by atoms with Crippen molar-refractivity contribution in [1.29, 1.82) is 0 Å². The number of hydrogen-bond acceptors (Lipinski definition) is 4. The fourth-order valence-corrected chi connectivity index (χ4v) is 2.83. The van der Waals surface area contributed by atoms with Crippen molar-refractivity contribution in [3.05, 3.63) is 0 Å². The highest BCUT2D eigenvalue weighted by Gasteiger charge is 2.43. The van der Waals surface area contributed by atoms with E-state index >= 15 is 0 Å². The van der Waals surface area contributed by atoms with Gasteiger partial charge in [-0.2, -0.15) is 0 Å². The fourth-order valence-electron chi connectivity index (χ4n) is 2.83. The minimum Gasteiger partial charge on any atom is -0.465 e. The monoisotopic (exact) mass is 253 g/mol. The first-order valence-corrected chi connectivity index (χ1v) is 6.65. The van der Waals surface area contributed by atoms with Gasteiger partial charge >= 0.3 is 5.97 Å². The van der Waals surface area contributed by atoms with E-state index in [1.807, 2.05) is 0 Å². The number of piperidine rings is 1. The summed E-state index contributed by atoms with van der Waals surface area (Å²) in [4.78, 5) is 37.4. The van der Waals surface area contributed by atoms with Crippen LogP contribution in [0, 0.1) is 5.92 Å². The topological polar surface area (TPSA) is 63.7 Å². The number of hydrogen-bond donors (Lipinski definition) is 0. The summed E-state index contributed by atoms with van der Waals surface area (Å²) < 4.78 is 4.83. The van der Waals surface area contributed by atoms with Crippen LogP contribution in [0.15, 0.2) is 0 Å². The largest absolute Gasteiger partial charge is 0.465 e. The highest BCUT2D eigenvalue weighted by molar-refractivity contribution is 6.17. The molecule has 1 aliphatic carbocycles. The van der Waals surface area contributed by atoms with Crippen LogP contribution in [0.1, 0.15) is 39.0 Å². The van der Waals surface area contributed by atoms with Crippen molar-refractivity contribution in [2.45, 2.75) is 45.1 Å². The van der Waals surface area contributed by atoms with Crippen molar-refractivity contribution in [1.82, 2.24) is 4.90 Å². The normalized spacial score (nSPS) is 25.6. The number of esters is 1. The van der Waals surface area contributed by atoms with Crippen molar-refractivity contribution in [2.24, 2.45) is 5.92 Å². The zero-order chi connectivity index (χ0) is 13.1. The number of nitrogens with zero attached hydrogens (tertiary/aromatic N) is 1. The molecule has 1 unspecified atom stereocenters. The average Bonchev–Trinajstić information content (AvgIpc) is 2.83. The van der Waals surface area contributed by atoms with Gasteiger partial charge in [0.1, 0.15) is 0 Å². The summed E-state index contributed by atoms with van der Waals surface area (Å²) in [5.74, 6) is -2.54. The lowest BCUT2D eigenvalue weighted by Crippen LogP contribution is -2.52. The van der Waals surface area contributed by atoms with Crippen LogP contribution in [0.4, 0.5) is 0 Å². The number of amides is 1. The Hall–Kier alpha value is -1.39. The predicted octanol–water partition coefficient (Wildman–Crippen LogP) is 0.910. The number of carbonyl (C=O) groups is 3. The number of Topliss-reactive ketones (excluding diaryl/α,β-unsaturated/α-hetero) is 1. The number of ether oxygens (including phenoxy) is 1. The van der Waals surface area contributed by atoms with Gasteiger partial charge in [-0.15, -0.1) is 0 Å². The second-order valence-corrected chi connectivity index (χ2v) is 4.87. The van der Waals surface area contributed by atoms with Crippen molar-refractivity contribution >= 4 is 17.7 Å². The van der Waals surface area contributed by atoms with Crippen LogP contribution in [-0.4, -0.2) is 41.8 Å². The van der Waals surface area contributed by atoms with E-state index in [0.29, 0.717) is 6.54 Å². The highest BCUT2D eigenvalue weighted by atomic mass is 16.5. The molecule has 18 heavy (non-hydrogen) atoms. The first kappa shape index (κ1) is 13.1. The Morgan fingerprint density at radius 1 is 1.33 bits per heavy atom. The summed E-state index contributed by atoms with van der Waals surface area (Å²) in [5.41, 5.74) is 0. The van der Waals surface area contributed by atoms with E-state index in [1.54, 1.807) is 11.8 Å². The van der Waals surface area contributed by atoms with Gasteiger partial charge in [0.2, 0.25) is 5.91 Å². The van der Waals surface area contributed by atoms with Crippen LogP contribution < -0.4 is 0 Å². The van der Waals surface area contributed by atoms with Crippen LogP contribution >= 0.6 is 0 Å². The molecule has 1 atom stereocenters. The van der Waals surface area contributed by atoms with Gasteiger partial charge < -0.3 is 9.64 Å². The lowest BCUT2D eigenvalue weighted by Gasteiger charge is -2.34. The van der Waals surface area contributed by atoms with Crippen LogP contribution in [0.25, 0.3) is 0 Å². The van der Waals surface area contributed by atoms with Gasteiger partial charge in [0.05, 0.1) is 6.61 Å². The Balaban J connectivity index is 2.10. The molecule has 2 fully saturated rings. The van der Waals surface area contributed by atoms with Crippen LogP contribution in [-0.2, 0) is 19.1 Å². The van der Waals surface area contributed by atoms with E-state index < -0.39 is 11.9 Å². The van der Waals surface area contributed by atoms with Crippen molar-refractivity contribution in [3.8, 4) is 0 Å². The zero-order valence-corrected chi connectivity index (χ0v) is 10.7. The van der Waals surface area contributed by atoms with Crippen LogP contribution in [0.5, 0.6) is 0 Å². The number of ketones is 1. The molecule has 1 heterocycles. The second kappa shape index (κ2) is 5.50. The predicted molar refractivity (Wildman–Crippen MR) is 63.7 cm³/mol. The molecular formula is C13H19NO4. The van der Waals surface area contributed by atoms with Gasteiger partial charge in [-0.3, -0.25) is 14.4 Å². The Kier molecular flexibility index (Phi) is 3.99. The van der Waals surface area contributed by atoms with Gasteiger partial charge in [-0.05, 0) is 19.8 Å². The molecule has 0 radical (unpaired) electrons. The molecular weight excluding hydrogens is 234 g/mol. The summed E-state index contributed by atoms with van der Waals surface area (Å²) in [5, 5.41) is 0. The van der Waals surface area contributed by atoms with Crippen molar-refractivity contribution in [3.63, 3.8) is 0 Å². The summed E-state index contributed by atoms with van der Waals surface area (Å²) in [6.45, 7) is 2.32. The second-order valence-electron chi connectivity index (χ2n) is 4.87.